The number of ether oxygens (including phenoxy) is 1. The Morgan fingerprint density at radius 2 is 2.16 bits per heavy atom. The van der Waals surface area contributed by atoms with E-state index >= 15 is 0 Å². The van der Waals surface area contributed by atoms with Crippen molar-refractivity contribution in [2.45, 2.75) is 6.92 Å². The molecule has 0 saturated carbocycles. The number of hydrogen-bond donors (Lipinski definition) is 1. The number of nitrogens with zero attached hydrogens (tertiary/aromatic N) is 1. The van der Waals surface area contributed by atoms with Crippen LogP contribution < -0.4 is 4.74 Å². The zero-order valence-electron chi connectivity index (χ0n) is 10.0. The average Bonchev–Trinajstić information content (AvgIpc) is 2.62. The maximum absolute atomic E-state index is 11.8. The van der Waals surface area contributed by atoms with Gasteiger partial charge in [0.1, 0.15) is 12.4 Å². The van der Waals surface area contributed by atoms with Crippen molar-refractivity contribution in [3.63, 3.8) is 0 Å². The fourth-order valence-corrected chi connectivity index (χ4v) is 2.61. The van der Waals surface area contributed by atoms with Crippen LogP contribution in [0.1, 0.15) is 5.56 Å². The Morgan fingerprint density at radius 1 is 1.42 bits per heavy atom. The maximum atomic E-state index is 11.8. The molecule has 0 fully saturated rings. The van der Waals surface area contributed by atoms with E-state index in [1.807, 2.05) is 13.0 Å². The van der Waals surface area contributed by atoms with Gasteiger partial charge in [0.25, 0.3) is 0 Å². The second kappa shape index (κ2) is 4.85. The third-order valence-corrected chi connectivity index (χ3v) is 4.19. The molecular weight excluding hydrogens is 270 g/mol. The minimum atomic E-state index is -4.02. The molecule has 1 aromatic carbocycles. The van der Waals surface area contributed by atoms with E-state index in [0.717, 1.165) is 11.8 Å². The summed E-state index contributed by atoms with van der Waals surface area (Å²) in [5.74, 6) is -1.02. The minimum absolute atomic E-state index is 0.293. The monoisotopic (exact) mass is 281 g/mol. The average molecular weight is 281 g/mol. The van der Waals surface area contributed by atoms with Crippen molar-refractivity contribution in [2.24, 2.45) is 4.99 Å². The van der Waals surface area contributed by atoms with Crippen molar-refractivity contribution in [3.8, 4) is 5.75 Å². The molecule has 0 bridgehead atoms. The highest BCUT2D eigenvalue weighted by atomic mass is 32.2. The van der Waals surface area contributed by atoms with Crippen LogP contribution in [0.25, 0.3) is 0 Å². The Kier molecular flexibility index (Phi) is 3.39. The fraction of sp³-hybridized carbons (Fsp3) is 0.167. The molecule has 1 aliphatic heterocycles. The van der Waals surface area contributed by atoms with E-state index in [0.29, 0.717) is 5.75 Å². The van der Waals surface area contributed by atoms with Crippen LogP contribution >= 0.6 is 0 Å². The zero-order chi connectivity index (χ0) is 14.0. The predicted octanol–water partition coefficient (Wildman–Crippen LogP) is 1.13. The van der Waals surface area contributed by atoms with E-state index in [-0.39, 0.29) is 11.7 Å². The van der Waals surface area contributed by atoms with Gasteiger partial charge in [-0.05, 0) is 24.6 Å². The van der Waals surface area contributed by atoms with Gasteiger partial charge in [0.05, 0.1) is 6.20 Å². The molecule has 6 nitrogen and oxygen atoms in total. The number of aryl methyl sites for hydroxylation is 1. The third kappa shape index (κ3) is 2.65. The molecule has 0 saturated heterocycles. The largest absolute Gasteiger partial charge is 0.487 e. The van der Waals surface area contributed by atoms with Crippen molar-refractivity contribution in [1.29, 1.82) is 0 Å². The zero-order valence-corrected chi connectivity index (χ0v) is 10.8. The molecule has 100 valence electrons. The Bertz CT molecular complexity index is 688. The maximum Gasteiger partial charge on any atom is 0.349 e. The van der Waals surface area contributed by atoms with E-state index in [9.17, 15) is 13.2 Å². The van der Waals surface area contributed by atoms with Crippen molar-refractivity contribution < 1.29 is 23.1 Å². The van der Waals surface area contributed by atoms with Gasteiger partial charge in [-0.1, -0.05) is 12.1 Å². The molecule has 1 heterocycles. The van der Waals surface area contributed by atoms with Gasteiger partial charge in [0, 0.05) is 0 Å². The standard InChI is InChI=1S/C12H11NO5S/c1-8-3-2-4-9(5-8)18-7-11-13-6-10(12(14)15)19(11,16)17/h2-6H,7H2,1H3,(H,14,15). The van der Waals surface area contributed by atoms with E-state index < -0.39 is 20.7 Å². The molecule has 0 radical (unpaired) electrons. The highest BCUT2D eigenvalue weighted by Gasteiger charge is 2.34. The van der Waals surface area contributed by atoms with Gasteiger partial charge in [0.2, 0.25) is 9.84 Å². The highest BCUT2D eigenvalue weighted by Crippen LogP contribution is 2.19. The second-order valence-corrected chi connectivity index (χ2v) is 5.85. The molecule has 1 aliphatic rings. The first-order valence-corrected chi connectivity index (χ1v) is 6.84. The topological polar surface area (TPSA) is 93.0 Å². The van der Waals surface area contributed by atoms with Crippen LogP contribution in [0.2, 0.25) is 0 Å². The summed E-state index contributed by atoms with van der Waals surface area (Å²) in [6.45, 7) is 1.58. The summed E-state index contributed by atoms with van der Waals surface area (Å²) < 4.78 is 28.8. The number of hydrogen-bond acceptors (Lipinski definition) is 5. The molecule has 1 aromatic rings. The lowest BCUT2D eigenvalue weighted by atomic mass is 10.2. The van der Waals surface area contributed by atoms with Crippen LogP contribution in [0.4, 0.5) is 0 Å². The lowest BCUT2D eigenvalue weighted by Gasteiger charge is -2.07. The number of carboxylic acid groups (broad SMARTS) is 1. The summed E-state index contributed by atoms with van der Waals surface area (Å²) in [6, 6.07) is 7.08. The molecule has 0 unspecified atom stereocenters. The number of carbonyl (C=O) groups is 1. The summed E-state index contributed by atoms with van der Waals surface area (Å²) >= 11 is 0. The van der Waals surface area contributed by atoms with Gasteiger partial charge in [-0.2, -0.15) is 0 Å². The van der Waals surface area contributed by atoms with E-state index in [1.165, 1.54) is 0 Å². The van der Waals surface area contributed by atoms with Gasteiger partial charge in [-0.25, -0.2) is 18.2 Å². The third-order valence-electron chi connectivity index (χ3n) is 2.49. The SMILES string of the molecule is Cc1cccc(OCC2=NC=C(C(=O)O)S2(=O)=O)c1. The van der Waals surface area contributed by atoms with Crippen molar-refractivity contribution >= 4 is 20.9 Å². The van der Waals surface area contributed by atoms with E-state index in [1.54, 1.807) is 18.2 Å². The number of aliphatic imine (C=N–C) groups is 1. The van der Waals surface area contributed by atoms with Gasteiger partial charge in [0.15, 0.2) is 9.95 Å². The first-order valence-electron chi connectivity index (χ1n) is 5.36. The van der Waals surface area contributed by atoms with Crippen molar-refractivity contribution in [2.75, 3.05) is 6.61 Å². The number of carboxylic acids is 1. The second-order valence-electron chi connectivity index (χ2n) is 3.93. The number of sulfone groups is 1. The summed E-state index contributed by atoms with van der Waals surface area (Å²) in [5, 5.41) is 8.43. The highest BCUT2D eigenvalue weighted by molar-refractivity contribution is 8.10. The minimum Gasteiger partial charge on any atom is -0.487 e. The molecule has 0 aliphatic carbocycles. The number of benzene rings is 1. The van der Waals surface area contributed by atoms with Crippen LogP contribution in [0.15, 0.2) is 40.4 Å². The normalized spacial score (nSPS) is 16.7. The van der Waals surface area contributed by atoms with Crippen LogP contribution in [0.5, 0.6) is 5.75 Å². The van der Waals surface area contributed by atoms with Crippen LogP contribution in [-0.2, 0) is 14.6 Å². The number of rotatable bonds is 4. The molecule has 0 amide bonds. The predicted molar refractivity (Wildman–Crippen MR) is 68.7 cm³/mol. The summed E-state index contributed by atoms with van der Waals surface area (Å²) in [5.41, 5.74) is 0.970. The quantitative estimate of drug-likeness (QED) is 0.892. The van der Waals surface area contributed by atoms with Gasteiger partial charge in [-0.3, -0.25) is 0 Å². The first kappa shape index (κ1) is 13.3. The molecule has 0 aromatic heterocycles. The Hall–Kier alpha value is -2.15. The Labute approximate surface area is 110 Å². The molecule has 2 rings (SSSR count). The molecule has 19 heavy (non-hydrogen) atoms. The molecule has 0 atom stereocenters. The molecular formula is C12H11NO5S. The lowest BCUT2D eigenvalue weighted by molar-refractivity contribution is -0.131. The lowest BCUT2D eigenvalue weighted by Crippen LogP contribution is -2.23. The molecule has 7 heteroatoms. The summed E-state index contributed by atoms with van der Waals surface area (Å²) in [7, 11) is -4.02. The first-order chi connectivity index (χ1) is 8.91. The van der Waals surface area contributed by atoms with Crippen LogP contribution in [0, 0.1) is 6.92 Å². The summed E-state index contributed by atoms with van der Waals surface area (Å²) in [4.78, 5) is 13.6. The van der Waals surface area contributed by atoms with E-state index in [4.69, 9.17) is 9.84 Å². The Morgan fingerprint density at radius 3 is 2.74 bits per heavy atom. The summed E-state index contributed by atoms with van der Waals surface area (Å²) in [6.07, 6.45) is 0.826. The van der Waals surface area contributed by atoms with Crippen LogP contribution in [0.3, 0.4) is 0 Å². The van der Waals surface area contributed by atoms with E-state index in [2.05, 4.69) is 4.99 Å². The van der Waals surface area contributed by atoms with Crippen molar-refractivity contribution in [3.05, 3.63) is 40.9 Å². The smallest absolute Gasteiger partial charge is 0.349 e. The fourth-order valence-electron chi connectivity index (χ4n) is 1.53. The molecule has 0 spiro atoms. The van der Waals surface area contributed by atoms with Gasteiger partial charge >= 0.3 is 5.97 Å². The number of aliphatic carboxylic acids is 1. The van der Waals surface area contributed by atoms with Crippen molar-refractivity contribution in [1.82, 2.24) is 0 Å². The van der Waals surface area contributed by atoms with Gasteiger partial charge < -0.3 is 9.84 Å². The Balaban J connectivity index is 2.09. The van der Waals surface area contributed by atoms with Gasteiger partial charge in [-0.15, -0.1) is 0 Å². The van der Waals surface area contributed by atoms with Crippen LogP contribution in [-0.4, -0.2) is 31.1 Å². The molecule has 1 N–H and O–H groups in total.